The zero-order valence-electron chi connectivity index (χ0n) is 19.6. The quantitative estimate of drug-likeness (QED) is 0.310. The third-order valence-corrected chi connectivity index (χ3v) is 7.16. The molecule has 6 nitrogen and oxygen atoms in total. The molecule has 0 unspecified atom stereocenters. The standard InChI is InChI=1S/C28H29N5O/c1-17(2)26-23-15-19(18-3-6-20(7-4-18)34-21-9-12-29-13-10-21)5-8-25(23)32-27(26)22-11-14-30-28-24(22)16-31-33-28/h5,8-18,20,32H,3-4,6-7H2,1-2H3,(H,30,31,33). The average molecular weight is 452 g/mol. The van der Waals surface area contributed by atoms with E-state index in [1.54, 1.807) is 12.4 Å². The van der Waals surface area contributed by atoms with Crippen LogP contribution in [0.15, 0.2) is 61.2 Å². The third kappa shape index (κ3) is 3.73. The van der Waals surface area contributed by atoms with Crippen molar-refractivity contribution in [1.82, 2.24) is 25.1 Å². The Morgan fingerprint density at radius 1 is 0.941 bits per heavy atom. The fourth-order valence-electron chi connectivity index (χ4n) is 5.49. The number of rotatable bonds is 5. The number of hydrogen-bond acceptors (Lipinski definition) is 4. The predicted octanol–water partition coefficient (Wildman–Crippen LogP) is 6.73. The molecule has 4 heterocycles. The average Bonchev–Trinajstić information content (AvgIpc) is 3.49. The van der Waals surface area contributed by atoms with Gasteiger partial charge in [-0.25, -0.2) is 4.98 Å². The number of H-pyrrole nitrogens is 2. The highest BCUT2D eigenvalue weighted by atomic mass is 16.5. The molecule has 2 N–H and O–H groups in total. The van der Waals surface area contributed by atoms with Crippen molar-refractivity contribution in [3.63, 3.8) is 0 Å². The number of aromatic amines is 2. The molecule has 1 aliphatic rings. The van der Waals surface area contributed by atoms with Crippen molar-refractivity contribution >= 4 is 21.9 Å². The molecule has 6 rings (SSSR count). The lowest BCUT2D eigenvalue weighted by molar-refractivity contribution is 0.146. The lowest BCUT2D eigenvalue weighted by atomic mass is 9.82. The number of ether oxygens (including phenoxy) is 1. The monoisotopic (exact) mass is 451 g/mol. The van der Waals surface area contributed by atoms with Crippen LogP contribution in [-0.4, -0.2) is 31.3 Å². The fourth-order valence-corrected chi connectivity index (χ4v) is 5.49. The Hall–Kier alpha value is -3.67. The zero-order valence-corrected chi connectivity index (χ0v) is 19.6. The molecule has 0 atom stereocenters. The van der Waals surface area contributed by atoms with Crippen LogP contribution < -0.4 is 4.74 Å². The Bertz CT molecular complexity index is 1430. The zero-order chi connectivity index (χ0) is 23.1. The van der Waals surface area contributed by atoms with E-state index >= 15 is 0 Å². The largest absolute Gasteiger partial charge is 0.490 e. The molecule has 5 aromatic rings. The first kappa shape index (κ1) is 20.9. The number of benzene rings is 1. The Morgan fingerprint density at radius 2 is 1.76 bits per heavy atom. The second-order valence-electron chi connectivity index (χ2n) is 9.64. The summed E-state index contributed by atoms with van der Waals surface area (Å²) in [6.45, 7) is 4.54. The van der Waals surface area contributed by atoms with Gasteiger partial charge in [-0.3, -0.25) is 10.1 Å². The van der Waals surface area contributed by atoms with Crippen molar-refractivity contribution in [3.8, 4) is 17.0 Å². The summed E-state index contributed by atoms with van der Waals surface area (Å²) in [6, 6.07) is 13.0. The van der Waals surface area contributed by atoms with Crippen LogP contribution in [0.2, 0.25) is 0 Å². The number of nitrogens with one attached hydrogen (secondary N) is 2. The fraction of sp³-hybridized carbons (Fsp3) is 0.321. The van der Waals surface area contributed by atoms with Gasteiger partial charge in [0, 0.05) is 40.4 Å². The number of pyridine rings is 2. The summed E-state index contributed by atoms with van der Waals surface area (Å²) in [4.78, 5) is 12.2. The molecule has 1 aliphatic carbocycles. The molecular weight excluding hydrogens is 422 g/mol. The maximum absolute atomic E-state index is 6.18. The van der Waals surface area contributed by atoms with Crippen molar-refractivity contribution in [1.29, 1.82) is 0 Å². The molecule has 0 spiro atoms. The van der Waals surface area contributed by atoms with Crippen LogP contribution in [0.25, 0.3) is 33.2 Å². The Labute approximate surface area is 198 Å². The lowest BCUT2D eigenvalue weighted by Crippen LogP contribution is -2.23. The van der Waals surface area contributed by atoms with Gasteiger partial charge < -0.3 is 9.72 Å². The van der Waals surface area contributed by atoms with Gasteiger partial charge in [0.1, 0.15) is 5.75 Å². The van der Waals surface area contributed by atoms with E-state index in [-0.39, 0.29) is 6.10 Å². The van der Waals surface area contributed by atoms with Crippen LogP contribution in [0.5, 0.6) is 5.75 Å². The molecule has 0 saturated heterocycles. The van der Waals surface area contributed by atoms with Gasteiger partial charge in [-0.1, -0.05) is 19.9 Å². The van der Waals surface area contributed by atoms with E-state index in [0.717, 1.165) is 48.0 Å². The van der Waals surface area contributed by atoms with Crippen LogP contribution in [0.3, 0.4) is 0 Å². The molecule has 0 radical (unpaired) electrons. The molecule has 4 aromatic heterocycles. The minimum atomic E-state index is 0.288. The van der Waals surface area contributed by atoms with E-state index in [2.05, 4.69) is 63.3 Å². The van der Waals surface area contributed by atoms with Gasteiger partial charge in [-0.15, -0.1) is 0 Å². The minimum Gasteiger partial charge on any atom is -0.490 e. The van der Waals surface area contributed by atoms with E-state index in [9.17, 15) is 0 Å². The van der Waals surface area contributed by atoms with Gasteiger partial charge in [0.25, 0.3) is 0 Å². The first-order valence-corrected chi connectivity index (χ1v) is 12.2. The molecule has 1 fully saturated rings. The second kappa shape index (κ2) is 8.60. The highest BCUT2D eigenvalue weighted by molar-refractivity contribution is 5.98. The Morgan fingerprint density at radius 3 is 2.56 bits per heavy atom. The molecule has 6 heteroatoms. The smallest absolute Gasteiger partial charge is 0.155 e. The van der Waals surface area contributed by atoms with Crippen molar-refractivity contribution < 1.29 is 4.74 Å². The summed E-state index contributed by atoms with van der Waals surface area (Å²) in [5, 5.41) is 9.57. The van der Waals surface area contributed by atoms with E-state index in [4.69, 9.17) is 4.74 Å². The van der Waals surface area contributed by atoms with Gasteiger partial charge in [-0.2, -0.15) is 5.10 Å². The van der Waals surface area contributed by atoms with Gasteiger partial charge in [0.05, 0.1) is 18.0 Å². The van der Waals surface area contributed by atoms with Crippen molar-refractivity contribution in [2.45, 2.75) is 57.5 Å². The summed E-state index contributed by atoms with van der Waals surface area (Å²) >= 11 is 0. The highest BCUT2D eigenvalue weighted by Crippen LogP contribution is 2.41. The molecule has 0 bridgehead atoms. The van der Waals surface area contributed by atoms with E-state index in [1.165, 1.54) is 27.7 Å². The Kier molecular flexibility index (Phi) is 5.28. The topological polar surface area (TPSA) is 79.5 Å². The molecule has 0 aliphatic heterocycles. The summed E-state index contributed by atoms with van der Waals surface area (Å²) < 4.78 is 6.18. The van der Waals surface area contributed by atoms with Gasteiger partial charge in [0.15, 0.2) is 5.65 Å². The minimum absolute atomic E-state index is 0.288. The second-order valence-corrected chi connectivity index (χ2v) is 9.64. The molecule has 172 valence electrons. The number of aromatic nitrogens is 5. The maximum atomic E-state index is 6.18. The van der Waals surface area contributed by atoms with Crippen LogP contribution in [0.1, 0.15) is 62.5 Å². The number of hydrogen-bond donors (Lipinski definition) is 2. The molecule has 1 aromatic carbocycles. The molecular formula is C28H29N5O. The number of fused-ring (bicyclic) bond motifs is 2. The van der Waals surface area contributed by atoms with E-state index < -0.39 is 0 Å². The van der Waals surface area contributed by atoms with Crippen LogP contribution in [0.4, 0.5) is 0 Å². The van der Waals surface area contributed by atoms with Crippen LogP contribution in [0, 0.1) is 0 Å². The highest BCUT2D eigenvalue weighted by Gasteiger charge is 2.25. The summed E-state index contributed by atoms with van der Waals surface area (Å²) in [7, 11) is 0. The lowest BCUT2D eigenvalue weighted by Gasteiger charge is -2.29. The van der Waals surface area contributed by atoms with Crippen LogP contribution in [-0.2, 0) is 0 Å². The Balaban J connectivity index is 1.30. The van der Waals surface area contributed by atoms with Crippen LogP contribution >= 0.6 is 0 Å². The molecule has 34 heavy (non-hydrogen) atoms. The third-order valence-electron chi connectivity index (χ3n) is 7.16. The first-order valence-electron chi connectivity index (χ1n) is 12.2. The maximum Gasteiger partial charge on any atom is 0.155 e. The summed E-state index contributed by atoms with van der Waals surface area (Å²) in [5.41, 5.74) is 7.12. The predicted molar refractivity (Wildman–Crippen MR) is 135 cm³/mol. The van der Waals surface area contributed by atoms with Gasteiger partial charge >= 0.3 is 0 Å². The van der Waals surface area contributed by atoms with Crippen molar-refractivity contribution in [2.75, 3.05) is 0 Å². The van der Waals surface area contributed by atoms with Gasteiger partial charge in [0.2, 0.25) is 0 Å². The summed E-state index contributed by atoms with van der Waals surface area (Å²) in [6.07, 6.45) is 12.0. The molecule has 1 saturated carbocycles. The first-order chi connectivity index (χ1) is 16.7. The summed E-state index contributed by atoms with van der Waals surface area (Å²) in [5.74, 6) is 1.88. The van der Waals surface area contributed by atoms with Crippen molar-refractivity contribution in [2.24, 2.45) is 0 Å². The van der Waals surface area contributed by atoms with E-state index in [1.807, 2.05) is 24.5 Å². The normalized spacial score (nSPS) is 18.7. The SMILES string of the molecule is CC(C)c1c(-c2ccnc3[nH]ncc23)[nH]c2ccc(C3CCC(Oc4ccncc4)CC3)cc12. The van der Waals surface area contributed by atoms with Gasteiger partial charge in [-0.05, 0) is 79.0 Å². The number of nitrogens with zero attached hydrogens (tertiary/aromatic N) is 3. The van der Waals surface area contributed by atoms with E-state index in [0.29, 0.717) is 11.8 Å². The molecule has 0 amide bonds. The van der Waals surface area contributed by atoms with Crippen molar-refractivity contribution in [3.05, 3.63) is 72.3 Å².